The van der Waals surface area contributed by atoms with E-state index < -0.39 is 12.2 Å². The number of aromatic amines is 1. The summed E-state index contributed by atoms with van der Waals surface area (Å²) in [6.07, 6.45) is -1.03. The quantitative estimate of drug-likeness (QED) is 0.732. The molecule has 0 saturated heterocycles. The van der Waals surface area contributed by atoms with Gasteiger partial charge < -0.3 is 0 Å². The van der Waals surface area contributed by atoms with E-state index in [1.54, 1.807) is 0 Å². The van der Waals surface area contributed by atoms with Crippen molar-refractivity contribution in [2.75, 3.05) is 0 Å². The highest BCUT2D eigenvalue weighted by Crippen LogP contribution is 2.13. The van der Waals surface area contributed by atoms with Gasteiger partial charge in [-0.15, -0.1) is 0 Å². The van der Waals surface area contributed by atoms with Gasteiger partial charge in [0, 0.05) is 6.42 Å². The van der Waals surface area contributed by atoms with Crippen molar-refractivity contribution in [2.24, 2.45) is 0 Å². The summed E-state index contributed by atoms with van der Waals surface area (Å²) in [4.78, 5) is 3.58. The molecule has 5 heteroatoms. The zero-order chi connectivity index (χ0) is 8.27. The van der Waals surface area contributed by atoms with E-state index >= 15 is 0 Å². The van der Waals surface area contributed by atoms with Gasteiger partial charge in [-0.3, -0.25) is 5.10 Å². The van der Waals surface area contributed by atoms with E-state index in [0.717, 1.165) is 6.42 Å². The first kappa shape index (κ1) is 8.10. The molecule has 0 aliphatic carbocycles. The fourth-order valence-corrected chi connectivity index (χ4v) is 0.756. The largest absolute Gasteiger partial charge is 0.299 e. The lowest BCUT2D eigenvalue weighted by atomic mass is 10.3. The average molecular weight is 161 g/mol. The van der Waals surface area contributed by atoms with Gasteiger partial charge in [0.15, 0.2) is 0 Å². The molecule has 0 aliphatic heterocycles. The van der Waals surface area contributed by atoms with Crippen molar-refractivity contribution in [1.82, 2.24) is 15.2 Å². The van der Waals surface area contributed by atoms with Crippen LogP contribution in [0.4, 0.5) is 8.78 Å². The molecule has 1 aromatic heterocycles. The molecule has 0 atom stereocenters. The molecule has 0 fully saturated rings. The minimum absolute atomic E-state index is 0.409. The molecule has 0 bridgehead atoms. The van der Waals surface area contributed by atoms with Gasteiger partial charge in [0.2, 0.25) is 5.82 Å². The Bertz CT molecular complexity index is 221. The predicted molar refractivity (Wildman–Crippen MR) is 35.3 cm³/mol. The second-order valence-electron chi connectivity index (χ2n) is 2.19. The molecular weight excluding hydrogens is 152 g/mol. The van der Waals surface area contributed by atoms with Crippen LogP contribution in [0.15, 0.2) is 0 Å². The Balaban J connectivity index is 2.66. The van der Waals surface area contributed by atoms with Crippen molar-refractivity contribution in [2.45, 2.75) is 26.2 Å². The topological polar surface area (TPSA) is 41.6 Å². The van der Waals surface area contributed by atoms with Crippen LogP contribution in [0.2, 0.25) is 0 Å². The zero-order valence-electron chi connectivity index (χ0n) is 6.14. The van der Waals surface area contributed by atoms with Gasteiger partial charge in [-0.2, -0.15) is 5.10 Å². The van der Waals surface area contributed by atoms with Gasteiger partial charge in [-0.25, -0.2) is 13.8 Å². The van der Waals surface area contributed by atoms with Crippen molar-refractivity contribution in [1.29, 1.82) is 0 Å². The maximum atomic E-state index is 11.9. The number of nitrogens with one attached hydrogen (secondary N) is 1. The molecule has 1 rings (SSSR count). The number of hydrogen-bond donors (Lipinski definition) is 1. The monoisotopic (exact) mass is 161 g/mol. The van der Waals surface area contributed by atoms with Gasteiger partial charge in [0.05, 0.1) is 0 Å². The fraction of sp³-hybridized carbons (Fsp3) is 0.667. The van der Waals surface area contributed by atoms with E-state index in [4.69, 9.17) is 0 Å². The summed E-state index contributed by atoms with van der Waals surface area (Å²) in [5.74, 6) is 0.122. The second-order valence-corrected chi connectivity index (χ2v) is 2.19. The number of alkyl halides is 2. The Morgan fingerprint density at radius 1 is 1.55 bits per heavy atom. The molecular formula is C6H9F2N3. The van der Waals surface area contributed by atoms with Gasteiger partial charge in [-0.1, -0.05) is 6.92 Å². The van der Waals surface area contributed by atoms with Crippen LogP contribution < -0.4 is 0 Å². The minimum Gasteiger partial charge on any atom is -0.263 e. The highest BCUT2D eigenvalue weighted by molar-refractivity contribution is 4.90. The highest BCUT2D eigenvalue weighted by Gasteiger charge is 2.12. The van der Waals surface area contributed by atoms with Gasteiger partial charge in [-0.05, 0) is 6.42 Å². The minimum atomic E-state index is -2.57. The molecule has 0 aromatic carbocycles. The summed E-state index contributed by atoms with van der Waals surface area (Å²) in [7, 11) is 0. The van der Waals surface area contributed by atoms with Crippen LogP contribution in [-0.2, 0) is 6.42 Å². The molecule has 1 heterocycles. The van der Waals surface area contributed by atoms with Crippen molar-refractivity contribution in [3.63, 3.8) is 0 Å². The lowest BCUT2D eigenvalue weighted by Gasteiger charge is -1.87. The highest BCUT2D eigenvalue weighted by atomic mass is 19.3. The third-order valence-corrected chi connectivity index (χ3v) is 1.23. The van der Waals surface area contributed by atoms with Gasteiger partial charge in [0.1, 0.15) is 5.82 Å². The average Bonchev–Trinajstić information content (AvgIpc) is 2.37. The van der Waals surface area contributed by atoms with E-state index in [2.05, 4.69) is 15.2 Å². The van der Waals surface area contributed by atoms with E-state index in [-0.39, 0.29) is 0 Å². The van der Waals surface area contributed by atoms with E-state index in [0.29, 0.717) is 12.2 Å². The molecule has 0 radical (unpaired) electrons. The lowest BCUT2D eigenvalue weighted by molar-refractivity contribution is 0.140. The van der Waals surface area contributed by atoms with Crippen molar-refractivity contribution in [3.8, 4) is 0 Å². The summed E-state index contributed by atoms with van der Waals surface area (Å²) >= 11 is 0. The van der Waals surface area contributed by atoms with Crippen LogP contribution in [0, 0.1) is 0 Å². The summed E-state index contributed by atoms with van der Waals surface area (Å²) in [6, 6.07) is 0. The van der Waals surface area contributed by atoms with Crippen LogP contribution in [0.3, 0.4) is 0 Å². The SMILES string of the molecule is CCCc1nc(C(F)F)n[nH]1. The molecule has 0 amide bonds. The van der Waals surface area contributed by atoms with Crippen LogP contribution in [0.25, 0.3) is 0 Å². The van der Waals surface area contributed by atoms with Crippen LogP contribution >= 0.6 is 0 Å². The first-order chi connectivity index (χ1) is 5.24. The number of aryl methyl sites for hydroxylation is 1. The number of H-pyrrole nitrogens is 1. The van der Waals surface area contributed by atoms with Crippen LogP contribution in [-0.4, -0.2) is 15.2 Å². The van der Waals surface area contributed by atoms with E-state index in [1.807, 2.05) is 6.92 Å². The van der Waals surface area contributed by atoms with E-state index in [9.17, 15) is 8.78 Å². The number of aromatic nitrogens is 3. The van der Waals surface area contributed by atoms with Crippen LogP contribution in [0.5, 0.6) is 0 Å². The van der Waals surface area contributed by atoms with Crippen LogP contribution in [0.1, 0.15) is 31.4 Å². The van der Waals surface area contributed by atoms with Crippen molar-refractivity contribution < 1.29 is 8.78 Å². The summed E-state index contributed by atoms with van der Waals surface area (Å²) in [5.41, 5.74) is 0. The molecule has 62 valence electrons. The Kier molecular flexibility index (Phi) is 2.51. The third-order valence-electron chi connectivity index (χ3n) is 1.23. The Morgan fingerprint density at radius 3 is 2.73 bits per heavy atom. The Labute approximate surface area is 62.8 Å². The summed E-state index contributed by atoms with van der Waals surface area (Å²) < 4.78 is 23.8. The van der Waals surface area contributed by atoms with E-state index in [1.165, 1.54) is 0 Å². The van der Waals surface area contributed by atoms with Gasteiger partial charge >= 0.3 is 0 Å². The van der Waals surface area contributed by atoms with Crippen molar-refractivity contribution in [3.05, 3.63) is 11.6 Å². The molecule has 11 heavy (non-hydrogen) atoms. The fourth-order valence-electron chi connectivity index (χ4n) is 0.756. The molecule has 0 spiro atoms. The lowest BCUT2D eigenvalue weighted by Crippen LogP contribution is -1.88. The molecule has 1 aromatic rings. The van der Waals surface area contributed by atoms with Gasteiger partial charge in [0.25, 0.3) is 6.43 Å². The second kappa shape index (κ2) is 3.41. The summed E-state index contributed by atoms with van der Waals surface area (Å²) in [5, 5.41) is 5.80. The maximum absolute atomic E-state index is 11.9. The maximum Gasteiger partial charge on any atom is 0.299 e. The number of nitrogens with zero attached hydrogens (tertiary/aromatic N) is 2. The zero-order valence-corrected chi connectivity index (χ0v) is 6.14. The number of rotatable bonds is 3. The molecule has 0 saturated carbocycles. The summed E-state index contributed by atoms with van der Waals surface area (Å²) in [6.45, 7) is 1.95. The Hall–Kier alpha value is -1.00. The first-order valence-corrected chi connectivity index (χ1v) is 3.43. The number of hydrogen-bond acceptors (Lipinski definition) is 2. The molecule has 0 aliphatic rings. The standard InChI is InChI=1S/C6H9F2N3/c1-2-3-4-9-6(5(7)8)11-10-4/h5H,2-3H2,1H3,(H,9,10,11). The third kappa shape index (κ3) is 1.96. The molecule has 1 N–H and O–H groups in total. The Morgan fingerprint density at radius 2 is 2.27 bits per heavy atom. The first-order valence-electron chi connectivity index (χ1n) is 3.43. The smallest absolute Gasteiger partial charge is 0.263 e. The molecule has 0 unspecified atom stereocenters. The number of halogens is 2. The normalized spacial score (nSPS) is 10.9. The van der Waals surface area contributed by atoms with Crippen molar-refractivity contribution >= 4 is 0 Å². The predicted octanol–water partition coefficient (Wildman–Crippen LogP) is 1.69. The molecule has 3 nitrogen and oxygen atoms in total.